The summed E-state index contributed by atoms with van der Waals surface area (Å²) in [6.45, 7) is 20.7. The van der Waals surface area contributed by atoms with Gasteiger partial charge in [0.25, 0.3) is 0 Å². The Kier molecular flexibility index (Phi) is 25.1. The normalized spacial score (nSPS) is 25.4. The van der Waals surface area contributed by atoms with Gasteiger partial charge in [-0.25, -0.2) is 4.79 Å². The van der Waals surface area contributed by atoms with Crippen molar-refractivity contribution >= 4 is 64.6 Å². The maximum absolute atomic E-state index is 14.9. The number of ether oxygens (including phenoxy) is 3. The van der Waals surface area contributed by atoms with Crippen molar-refractivity contribution in [3.63, 3.8) is 0 Å². The molecule has 2 aliphatic heterocycles. The highest BCUT2D eigenvalue weighted by Crippen LogP contribution is 2.26. The van der Waals surface area contributed by atoms with Crippen LogP contribution in [0.25, 0.3) is 0 Å². The van der Waals surface area contributed by atoms with Gasteiger partial charge in [-0.3, -0.25) is 33.6 Å². The van der Waals surface area contributed by atoms with Crippen LogP contribution in [0.2, 0.25) is 0 Å². The second kappa shape index (κ2) is 29.5. The van der Waals surface area contributed by atoms with Crippen LogP contribution in [0.4, 0.5) is 0 Å². The lowest BCUT2D eigenvalue weighted by molar-refractivity contribution is -0.162. The second-order valence-electron chi connectivity index (χ2n) is 21.2. The van der Waals surface area contributed by atoms with Gasteiger partial charge in [0.1, 0.15) is 42.1 Å². The van der Waals surface area contributed by atoms with Crippen LogP contribution in [0.3, 0.4) is 0 Å². The minimum atomic E-state index is -1.49. The molecule has 73 heavy (non-hydrogen) atoms. The summed E-state index contributed by atoms with van der Waals surface area (Å²) in [7, 11) is 4.70. The largest absolute Gasteiger partial charge is 0.497 e. The number of nitrogens with zero attached hydrogens (tertiary/aromatic N) is 3. The Morgan fingerprint density at radius 1 is 0.904 bits per heavy atom. The van der Waals surface area contributed by atoms with Crippen molar-refractivity contribution in [3.05, 3.63) is 29.8 Å². The molecule has 3 rings (SSSR count). The summed E-state index contributed by atoms with van der Waals surface area (Å²) in [5, 5.41) is 12.3. The van der Waals surface area contributed by atoms with Crippen LogP contribution in [0.15, 0.2) is 24.3 Å². The van der Waals surface area contributed by atoms with Crippen LogP contribution in [0.1, 0.15) is 140 Å². The molecule has 2 fully saturated rings. The number of esters is 2. The summed E-state index contributed by atoms with van der Waals surface area (Å²) in [5.41, 5.74) is 0.649. The third-order valence-corrected chi connectivity index (χ3v) is 14.5. The lowest BCUT2D eigenvalue weighted by atomic mass is 9.92. The smallest absolute Gasteiger partial charge is 0.329 e. The lowest BCUT2D eigenvalue weighted by Crippen LogP contribution is -2.61. The number of hydrogen-bond acceptors (Lipinski definition) is 12. The van der Waals surface area contributed by atoms with Crippen molar-refractivity contribution in [2.45, 2.75) is 189 Å². The van der Waals surface area contributed by atoms with Crippen LogP contribution < -0.4 is 26.0 Å². The van der Waals surface area contributed by atoms with Gasteiger partial charge in [-0.15, -0.1) is 0 Å². The first kappa shape index (κ1) is 62.0. The van der Waals surface area contributed by atoms with E-state index in [0.717, 1.165) is 12.8 Å². The number of Topliss-reactive ketones (excluding diaryl/α,β-unsaturated/α-hetero) is 1. The highest BCUT2D eigenvalue weighted by molar-refractivity contribution is 7.80. The Morgan fingerprint density at radius 2 is 1.56 bits per heavy atom. The topological polar surface area (TPSA) is 222 Å². The van der Waals surface area contributed by atoms with E-state index in [2.05, 4.69) is 28.2 Å². The molecule has 5 amide bonds. The molecule has 10 atom stereocenters. The van der Waals surface area contributed by atoms with E-state index >= 15 is 0 Å². The molecule has 1 aromatic carbocycles. The number of thiocarbonyl (C=S) groups is 1. The molecule has 2 saturated heterocycles. The third-order valence-electron chi connectivity index (χ3n) is 14.0. The van der Waals surface area contributed by atoms with Gasteiger partial charge in [0.15, 0.2) is 17.0 Å². The first-order valence-corrected chi connectivity index (χ1v) is 26.8. The Labute approximate surface area is 439 Å². The Bertz CT molecular complexity index is 2050. The first-order valence-electron chi connectivity index (χ1n) is 26.4. The molecule has 0 saturated carbocycles. The molecule has 0 radical (unpaired) electrons. The predicted molar refractivity (Wildman–Crippen MR) is 283 cm³/mol. The number of rotatable bonds is 16. The zero-order valence-electron chi connectivity index (χ0n) is 46.0. The Balaban J connectivity index is 2.24. The number of amides is 5. The van der Waals surface area contributed by atoms with E-state index in [1.165, 1.54) is 37.8 Å². The number of nitrogens with one attached hydrogen (secondary N) is 4. The Hall–Kier alpha value is -5.33. The number of cyclic esters (lactones) is 2. The van der Waals surface area contributed by atoms with Crippen LogP contribution in [0, 0.1) is 29.6 Å². The minimum absolute atomic E-state index is 0.0246. The summed E-state index contributed by atoms with van der Waals surface area (Å²) in [6.07, 6.45) is 0.858. The summed E-state index contributed by atoms with van der Waals surface area (Å²) >= 11 is 5.72. The fourth-order valence-electron chi connectivity index (χ4n) is 9.16. The number of ketones is 1. The number of hydrogen-bond donors (Lipinski definition) is 4. The van der Waals surface area contributed by atoms with Crippen LogP contribution in [0.5, 0.6) is 5.75 Å². The Morgan fingerprint density at radius 3 is 2.14 bits per heavy atom. The van der Waals surface area contributed by atoms with E-state index in [0.29, 0.717) is 42.2 Å². The first-order chi connectivity index (χ1) is 34.4. The van der Waals surface area contributed by atoms with E-state index in [1.807, 2.05) is 41.5 Å². The average molecular weight is 1040 g/mol. The number of unbranched alkanes of at least 4 members (excludes halogenated alkanes) is 1. The molecule has 18 nitrogen and oxygen atoms in total. The fraction of sp³-hybridized carbons (Fsp3) is 0.722. The number of carbonyl (C=O) groups is 8. The third kappa shape index (κ3) is 17.9. The van der Waals surface area contributed by atoms with Gasteiger partial charge < -0.3 is 50.2 Å². The molecule has 0 unspecified atom stereocenters. The zero-order chi connectivity index (χ0) is 54.9. The van der Waals surface area contributed by atoms with Crippen LogP contribution in [-0.2, 0) is 54.3 Å². The molecule has 2 aliphatic rings. The van der Waals surface area contributed by atoms with E-state index in [9.17, 15) is 38.4 Å². The molecular formula is C54H87N7O11S. The van der Waals surface area contributed by atoms with Gasteiger partial charge in [0.05, 0.1) is 13.0 Å². The van der Waals surface area contributed by atoms with Gasteiger partial charge in [0, 0.05) is 46.1 Å². The van der Waals surface area contributed by atoms with E-state index in [1.54, 1.807) is 50.1 Å². The highest BCUT2D eigenvalue weighted by Gasteiger charge is 2.44. The quantitative estimate of drug-likeness (QED) is 0.0731. The van der Waals surface area contributed by atoms with Gasteiger partial charge in [-0.05, 0) is 106 Å². The van der Waals surface area contributed by atoms with E-state index in [-0.39, 0.29) is 56.4 Å². The molecule has 0 spiro atoms. The lowest BCUT2D eigenvalue weighted by Gasteiger charge is -2.36. The number of fused-ring (bicyclic) bond motifs is 1. The van der Waals surface area contributed by atoms with Crippen molar-refractivity contribution in [1.82, 2.24) is 36.0 Å². The molecule has 2 heterocycles. The second-order valence-corrected chi connectivity index (χ2v) is 21.6. The summed E-state index contributed by atoms with van der Waals surface area (Å²) < 4.78 is 17.4. The number of methoxy groups -OCH3 is 1. The summed E-state index contributed by atoms with van der Waals surface area (Å²) in [6, 6.07) is 0.547. The number of carbonyl (C=O) groups excluding carboxylic acids is 8. The molecule has 4 N–H and O–H groups in total. The molecular weight excluding hydrogens is 955 g/mol. The zero-order valence-corrected chi connectivity index (χ0v) is 46.9. The summed E-state index contributed by atoms with van der Waals surface area (Å²) in [5.74, 6) is -6.79. The molecule has 0 aromatic heterocycles. The maximum atomic E-state index is 14.9. The van der Waals surface area contributed by atoms with Crippen molar-refractivity contribution < 1.29 is 52.6 Å². The monoisotopic (exact) mass is 1040 g/mol. The van der Waals surface area contributed by atoms with E-state index in [4.69, 9.17) is 26.4 Å². The van der Waals surface area contributed by atoms with Gasteiger partial charge in [-0.1, -0.05) is 87.3 Å². The molecule has 0 bridgehead atoms. The average Bonchev–Trinajstić information content (AvgIpc) is 3.84. The number of likely N-dealkylation sites (N-methyl/N-ethyl adjacent to an activating group) is 2. The molecule has 410 valence electrons. The van der Waals surface area contributed by atoms with Crippen molar-refractivity contribution in [2.24, 2.45) is 29.6 Å². The van der Waals surface area contributed by atoms with Crippen LogP contribution >= 0.6 is 12.2 Å². The van der Waals surface area contributed by atoms with Gasteiger partial charge in [0.2, 0.25) is 29.5 Å². The van der Waals surface area contributed by atoms with Gasteiger partial charge in [-0.2, -0.15) is 0 Å². The van der Waals surface area contributed by atoms with E-state index < -0.39 is 108 Å². The molecule has 1 aromatic rings. The standard InChI is InChI=1S/C54H87N7O11S/c1-15-17-26-55-54(73)60(13)42(29-32(5)6)49(65)58-45-36(11)71-53(69)43(30-37-20-22-38(70-14)23-21-37)59(12)52(68)41-19-18-27-61(41)51(67)40(28-31(3)4)57-48(64)35(10)46(63)47(33(7)8)72-44(62)25-24-39(34(9)16-2)56-50(45)66/h20-23,31-36,39-43,45,47H,15-19,24-30H2,1-14H3,(H,55,73)(H,56,66)(H,57,64)(H,58,65)/t34-,35-,36+,39-,40-,41-,42+,43-,45-,47-/m0/s1. The summed E-state index contributed by atoms with van der Waals surface area (Å²) in [4.78, 5) is 120. The maximum Gasteiger partial charge on any atom is 0.329 e. The fourth-order valence-corrected chi connectivity index (χ4v) is 9.39. The molecule has 19 heteroatoms. The van der Waals surface area contributed by atoms with Gasteiger partial charge >= 0.3 is 11.9 Å². The number of benzene rings is 1. The SMILES string of the molecule is CCCCNC(=S)N(C)[C@H](CC(C)C)C(=O)N[C@@H]1C(=O)N[C@H]([C@@H](C)CC)CCC(=O)O[C@@H](C(C)C)C(=O)[C@H](C)C(=O)N[C@@H](CC(C)C)C(=O)N2CCC[C@H]2C(=O)N(C)[C@@H](Cc2ccc(OC)cc2)C(=O)O[C@@H]1C. The predicted octanol–water partition coefficient (Wildman–Crippen LogP) is 5.12. The van der Waals surface area contributed by atoms with Crippen LogP contribution in [-0.4, -0.2) is 150 Å². The molecule has 0 aliphatic carbocycles. The van der Waals surface area contributed by atoms with Crippen molar-refractivity contribution in [2.75, 3.05) is 34.3 Å². The van der Waals surface area contributed by atoms with Crippen molar-refractivity contribution in [1.29, 1.82) is 0 Å². The minimum Gasteiger partial charge on any atom is -0.497 e. The highest BCUT2D eigenvalue weighted by atomic mass is 32.1. The van der Waals surface area contributed by atoms with Crippen molar-refractivity contribution in [3.8, 4) is 5.75 Å².